The highest BCUT2D eigenvalue weighted by Gasteiger charge is 2.64. The summed E-state index contributed by atoms with van der Waals surface area (Å²) in [5, 5.41) is 17.4. The van der Waals surface area contributed by atoms with Crippen LogP contribution in [0.3, 0.4) is 0 Å². The minimum Gasteiger partial charge on any atom is -0.390 e. The fourth-order valence-corrected chi connectivity index (χ4v) is 8.10. The standard InChI is InChI=1S/C27H50ClN7O2/c1-6-27-12-18(32-16(2)17(28)11-26(27,3)15-27)23(24(29)30)25(37)33-19-13-31-9-7-20(19)35-10-8-21(34(4)5)22(36)14-35/h17-24,31,36H,6-15,29-30H2,1-5H3,(H,33,37). The van der Waals surface area contributed by atoms with Gasteiger partial charge in [-0.3, -0.25) is 14.7 Å². The summed E-state index contributed by atoms with van der Waals surface area (Å²) in [6, 6.07) is -0.0655. The molecular weight excluding hydrogens is 490 g/mol. The van der Waals surface area contributed by atoms with Gasteiger partial charge in [0.1, 0.15) is 0 Å². The number of alkyl halides is 1. The summed E-state index contributed by atoms with van der Waals surface area (Å²) in [7, 11) is 4.04. The second kappa shape index (κ2) is 11.4. The van der Waals surface area contributed by atoms with E-state index in [1.54, 1.807) is 0 Å². The van der Waals surface area contributed by atoms with Gasteiger partial charge in [0.25, 0.3) is 0 Å². The Labute approximate surface area is 228 Å². The second-order valence-electron chi connectivity index (χ2n) is 12.7. The molecule has 1 saturated carbocycles. The van der Waals surface area contributed by atoms with Crippen molar-refractivity contribution in [1.82, 2.24) is 20.4 Å². The Morgan fingerprint density at radius 1 is 1.35 bits per heavy atom. The van der Waals surface area contributed by atoms with Crippen molar-refractivity contribution in [2.24, 2.45) is 33.2 Å². The minimum absolute atomic E-state index is 0.0867. The summed E-state index contributed by atoms with van der Waals surface area (Å²) in [6.45, 7) is 9.61. The number of piperidine rings is 2. The topological polar surface area (TPSA) is 132 Å². The maximum absolute atomic E-state index is 13.9. The number of fused-ring (bicyclic) bond motifs is 1. The molecule has 9 unspecified atom stereocenters. The monoisotopic (exact) mass is 539 g/mol. The number of carbonyl (C=O) groups excluding carboxylic acids is 1. The normalized spacial score (nSPS) is 42.0. The van der Waals surface area contributed by atoms with Crippen molar-refractivity contribution in [3.05, 3.63) is 0 Å². The molecule has 7 N–H and O–H groups in total. The molecule has 0 bridgehead atoms. The van der Waals surface area contributed by atoms with E-state index in [1.807, 2.05) is 21.0 Å². The molecule has 10 heteroatoms. The van der Waals surface area contributed by atoms with E-state index in [4.69, 9.17) is 28.1 Å². The Kier molecular flexibility index (Phi) is 8.95. The molecule has 37 heavy (non-hydrogen) atoms. The quantitative estimate of drug-likeness (QED) is 0.238. The Balaban J connectivity index is 1.51. The predicted molar refractivity (Wildman–Crippen MR) is 150 cm³/mol. The zero-order valence-corrected chi connectivity index (χ0v) is 24.2. The summed E-state index contributed by atoms with van der Waals surface area (Å²) in [6.07, 6.45) is 4.45. The van der Waals surface area contributed by atoms with Crippen molar-refractivity contribution in [3.63, 3.8) is 0 Å². The molecule has 9 nitrogen and oxygen atoms in total. The number of aliphatic imine (C=N–C) groups is 1. The van der Waals surface area contributed by atoms with Gasteiger partial charge in [0.05, 0.1) is 35.6 Å². The smallest absolute Gasteiger partial charge is 0.228 e. The number of carbonyl (C=O) groups is 1. The Morgan fingerprint density at radius 2 is 2.08 bits per heavy atom. The predicted octanol–water partition coefficient (Wildman–Crippen LogP) is 0.727. The largest absolute Gasteiger partial charge is 0.390 e. The van der Waals surface area contributed by atoms with Gasteiger partial charge in [-0.15, -0.1) is 11.6 Å². The number of likely N-dealkylation sites (tertiary alicyclic amines) is 1. The first kappa shape index (κ1) is 29.2. The molecule has 1 aliphatic carbocycles. The fourth-order valence-electron chi connectivity index (χ4n) is 7.71. The zero-order valence-electron chi connectivity index (χ0n) is 23.4. The number of nitrogens with zero attached hydrogens (tertiary/aromatic N) is 3. The zero-order chi connectivity index (χ0) is 27.1. The van der Waals surface area contributed by atoms with Crippen LogP contribution in [0.15, 0.2) is 4.99 Å². The van der Waals surface area contributed by atoms with Crippen molar-refractivity contribution >= 4 is 23.2 Å². The molecular formula is C27H50ClN7O2. The van der Waals surface area contributed by atoms with Gasteiger partial charge in [0, 0.05) is 37.4 Å². The lowest BCUT2D eigenvalue weighted by Crippen LogP contribution is -2.65. The van der Waals surface area contributed by atoms with Crippen molar-refractivity contribution in [2.45, 2.75) is 101 Å². The van der Waals surface area contributed by atoms with E-state index in [0.717, 1.165) is 57.3 Å². The van der Waals surface area contributed by atoms with E-state index in [2.05, 4.69) is 34.3 Å². The average molecular weight is 540 g/mol. The van der Waals surface area contributed by atoms with Crippen molar-refractivity contribution in [3.8, 4) is 0 Å². The van der Waals surface area contributed by atoms with Gasteiger partial charge in [-0.1, -0.05) is 13.8 Å². The third-order valence-electron chi connectivity index (χ3n) is 10.2. The lowest BCUT2D eigenvalue weighted by molar-refractivity contribution is -0.128. The van der Waals surface area contributed by atoms with Crippen LogP contribution in [0, 0.1) is 16.7 Å². The van der Waals surface area contributed by atoms with Gasteiger partial charge in [-0.05, 0) is 76.9 Å². The average Bonchev–Trinajstić information content (AvgIpc) is 3.39. The summed E-state index contributed by atoms with van der Waals surface area (Å²) in [5.41, 5.74) is 13.8. The van der Waals surface area contributed by atoms with Crippen LogP contribution in [0.1, 0.15) is 59.3 Å². The van der Waals surface area contributed by atoms with Gasteiger partial charge in [-0.25, -0.2) is 0 Å². The second-order valence-corrected chi connectivity index (χ2v) is 13.3. The third kappa shape index (κ3) is 5.88. The maximum Gasteiger partial charge on any atom is 0.228 e. The number of aliphatic hydroxyl groups excluding tert-OH is 1. The van der Waals surface area contributed by atoms with E-state index in [-0.39, 0.29) is 46.3 Å². The van der Waals surface area contributed by atoms with Crippen LogP contribution >= 0.6 is 11.6 Å². The molecule has 0 spiro atoms. The summed E-state index contributed by atoms with van der Waals surface area (Å²) >= 11 is 6.77. The molecule has 1 amide bonds. The Hall–Kier alpha value is -0.810. The van der Waals surface area contributed by atoms with Crippen molar-refractivity contribution < 1.29 is 9.90 Å². The fraction of sp³-hybridized carbons (Fsp3) is 0.926. The van der Waals surface area contributed by atoms with E-state index in [1.165, 1.54) is 0 Å². The number of nitrogens with two attached hydrogens (primary N) is 2. The van der Waals surface area contributed by atoms with Crippen molar-refractivity contribution in [2.75, 3.05) is 40.3 Å². The number of β-amino-alcohol motifs (C(OH)–C–C–N with tert-alkyl or cyclic N) is 1. The summed E-state index contributed by atoms with van der Waals surface area (Å²) in [5.74, 6) is -0.753. The molecule has 9 atom stereocenters. The molecule has 3 aliphatic heterocycles. The van der Waals surface area contributed by atoms with Crippen LogP contribution in [-0.2, 0) is 4.79 Å². The van der Waals surface area contributed by atoms with E-state index in [0.29, 0.717) is 13.1 Å². The van der Waals surface area contributed by atoms with Gasteiger partial charge < -0.3 is 32.1 Å². The van der Waals surface area contributed by atoms with Crippen LogP contribution in [0.2, 0.25) is 0 Å². The van der Waals surface area contributed by atoms with E-state index < -0.39 is 18.2 Å². The molecule has 4 aliphatic rings. The van der Waals surface area contributed by atoms with Gasteiger partial charge in [0.2, 0.25) is 5.91 Å². The molecule has 4 rings (SSSR count). The molecule has 0 radical (unpaired) electrons. The Bertz CT molecular complexity index is 857. The highest BCUT2D eigenvalue weighted by Crippen LogP contribution is 2.71. The minimum atomic E-state index is -0.818. The number of nitrogens with one attached hydrogen (secondary N) is 2. The summed E-state index contributed by atoms with van der Waals surface area (Å²) in [4.78, 5) is 23.3. The van der Waals surface area contributed by atoms with Gasteiger partial charge in [-0.2, -0.15) is 0 Å². The number of hydrogen-bond acceptors (Lipinski definition) is 8. The molecule has 2 saturated heterocycles. The maximum atomic E-state index is 13.9. The first-order valence-corrected chi connectivity index (χ1v) is 14.6. The Morgan fingerprint density at radius 3 is 2.70 bits per heavy atom. The summed E-state index contributed by atoms with van der Waals surface area (Å²) < 4.78 is 0. The van der Waals surface area contributed by atoms with E-state index >= 15 is 0 Å². The SMILES string of the molecule is CCC12CC(C(C(=O)NC3CNCCC3N3CCC(N(C)C)C(O)C3)C(N)N)N=C(C)C(Cl)CC1(C)C2. The molecule has 0 aromatic rings. The van der Waals surface area contributed by atoms with Gasteiger partial charge >= 0.3 is 0 Å². The lowest BCUT2D eigenvalue weighted by Gasteiger charge is -2.46. The van der Waals surface area contributed by atoms with E-state index in [9.17, 15) is 9.90 Å². The first-order valence-electron chi connectivity index (χ1n) is 14.2. The molecule has 3 fully saturated rings. The number of halogens is 1. The highest BCUT2D eigenvalue weighted by molar-refractivity contribution is 6.31. The van der Waals surface area contributed by atoms with Crippen LogP contribution in [0.4, 0.5) is 0 Å². The number of rotatable bonds is 7. The molecule has 3 heterocycles. The number of hydrogen-bond donors (Lipinski definition) is 5. The third-order valence-corrected chi connectivity index (χ3v) is 10.7. The molecule has 212 valence electrons. The number of amides is 1. The van der Waals surface area contributed by atoms with Crippen molar-refractivity contribution in [1.29, 1.82) is 0 Å². The van der Waals surface area contributed by atoms with Crippen LogP contribution < -0.4 is 22.1 Å². The molecule has 0 aromatic heterocycles. The highest BCUT2D eigenvalue weighted by atomic mass is 35.5. The number of aliphatic hydroxyl groups is 1. The first-order chi connectivity index (χ1) is 17.4. The van der Waals surface area contributed by atoms with Crippen LogP contribution in [0.5, 0.6) is 0 Å². The lowest BCUT2D eigenvalue weighted by atomic mass is 9.78. The molecule has 0 aromatic carbocycles. The van der Waals surface area contributed by atoms with Crippen LogP contribution in [-0.4, -0.2) is 109 Å². The number of likely N-dealkylation sites (N-methyl/N-ethyl adjacent to an activating group) is 1. The van der Waals surface area contributed by atoms with Gasteiger partial charge in [0.15, 0.2) is 0 Å². The van der Waals surface area contributed by atoms with Crippen LogP contribution in [0.25, 0.3) is 0 Å².